The van der Waals surface area contributed by atoms with E-state index in [0.717, 1.165) is 43.8 Å². The Labute approximate surface area is 98.0 Å². The monoisotopic (exact) mass is 244 g/mol. The molecule has 0 aliphatic carbocycles. The first-order valence-electron chi connectivity index (χ1n) is 5.31. The van der Waals surface area contributed by atoms with Crippen LogP contribution in [0.1, 0.15) is 0 Å². The smallest absolute Gasteiger partial charge is 0.343 e. The van der Waals surface area contributed by atoms with Gasteiger partial charge in [0.1, 0.15) is 0 Å². The van der Waals surface area contributed by atoms with Gasteiger partial charge in [0, 0.05) is 32.4 Å². The molecule has 0 amide bonds. The Morgan fingerprint density at radius 2 is 2.25 bits per heavy atom. The molecule has 1 N–H and O–H groups in total. The van der Waals surface area contributed by atoms with Gasteiger partial charge >= 0.3 is 5.69 Å². The third-order valence-electron chi connectivity index (χ3n) is 2.58. The van der Waals surface area contributed by atoms with Gasteiger partial charge in [-0.05, 0) is 0 Å². The molecule has 2 rings (SSSR count). The minimum atomic E-state index is -0.158. The second kappa shape index (κ2) is 5.51. The van der Waals surface area contributed by atoms with Crippen molar-refractivity contribution >= 4 is 11.8 Å². The average molecular weight is 244 g/mol. The van der Waals surface area contributed by atoms with Gasteiger partial charge in [0.2, 0.25) is 0 Å². The van der Waals surface area contributed by atoms with Crippen molar-refractivity contribution in [3.63, 3.8) is 0 Å². The maximum Gasteiger partial charge on any atom is 0.343 e. The van der Waals surface area contributed by atoms with E-state index < -0.39 is 0 Å². The maximum absolute atomic E-state index is 11.1. The van der Waals surface area contributed by atoms with Crippen LogP contribution in [-0.4, -0.2) is 58.3 Å². The predicted molar refractivity (Wildman–Crippen MR) is 61.8 cm³/mol. The number of H-pyrrole nitrogens is 1. The zero-order valence-corrected chi connectivity index (χ0v) is 10.1. The summed E-state index contributed by atoms with van der Waals surface area (Å²) in [7, 11) is 1.73. The second-order valence-corrected chi connectivity index (χ2v) is 4.73. The quantitative estimate of drug-likeness (QED) is 0.726. The van der Waals surface area contributed by atoms with Crippen LogP contribution in [0.5, 0.6) is 0 Å². The Morgan fingerprint density at radius 3 is 2.88 bits per heavy atom. The van der Waals surface area contributed by atoms with Crippen molar-refractivity contribution in [2.45, 2.75) is 5.16 Å². The largest absolute Gasteiger partial charge is 0.379 e. The lowest BCUT2D eigenvalue weighted by atomic mass is 10.4. The lowest BCUT2D eigenvalue weighted by Gasteiger charge is -2.26. The van der Waals surface area contributed by atoms with Crippen molar-refractivity contribution in [3.8, 4) is 0 Å². The highest BCUT2D eigenvalue weighted by Crippen LogP contribution is 2.12. The third-order valence-corrected chi connectivity index (χ3v) is 3.59. The number of hydrogen-bond acceptors (Lipinski definition) is 5. The molecule has 16 heavy (non-hydrogen) atoms. The van der Waals surface area contributed by atoms with Crippen LogP contribution in [0.15, 0.2) is 9.95 Å². The highest BCUT2D eigenvalue weighted by Gasteiger charge is 2.10. The number of aromatic amines is 1. The van der Waals surface area contributed by atoms with Crippen LogP contribution >= 0.6 is 11.8 Å². The number of nitrogens with zero attached hydrogens (tertiary/aromatic N) is 3. The molecule has 90 valence electrons. The van der Waals surface area contributed by atoms with E-state index in [1.54, 1.807) is 18.8 Å². The molecule has 1 aromatic rings. The van der Waals surface area contributed by atoms with Gasteiger partial charge in [0.05, 0.1) is 13.2 Å². The molecule has 0 radical (unpaired) electrons. The maximum atomic E-state index is 11.1. The van der Waals surface area contributed by atoms with E-state index in [0.29, 0.717) is 0 Å². The average Bonchev–Trinajstić information content (AvgIpc) is 2.62. The van der Waals surface area contributed by atoms with Crippen molar-refractivity contribution in [1.82, 2.24) is 19.7 Å². The van der Waals surface area contributed by atoms with E-state index in [2.05, 4.69) is 15.1 Å². The van der Waals surface area contributed by atoms with Crippen molar-refractivity contribution in [2.75, 3.05) is 38.6 Å². The summed E-state index contributed by atoms with van der Waals surface area (Å²) in [6.45, 7) is 4.66. The summed E-state index contributed by atoms with van der Waals surface area (Å²) in [5.74, 6) is 0.943. The first-order valence-corrected chi connectivity index (χ1v) is 6.30. The van der Waals surface area contributed by atoms with Crippen LogP contribution < -0.4 is 5.69 Å². The zero-order valence-electron chi connectivity index (χ0n) is 9.31. The molecule has 0 aromatic carbocycles. The molecule has 0 spiro atoms. The third kappa shape index (κ3) is 2.87. The number of aromatic nitrogens is 3. The van der Waals surface area contributed by atoms with E-state index in [-0.39, 0.29) is 5.69 Å². The Morgan fingerprint density at radius 1 is 1.50 bits per heavy atom. The molecule has 0 unspecified atom stereocenters. The fourth-order valence-electron chi connectivity index (χ4n) is 1.55. The van der Waals surface area contributed by atoms with Crippen LogP contribution in [0.25, 0.3) is 0 Å². The van der Waals surface area contributed by atoms with Crippen molar-refractivity contribution in [2.24, 2.45) is 7.05 Å². The molecule has 7 heteroatoms. The zero-order chi connectivity index (χ0) is 11.4. The van der Waals surface area contributed by atoms with Crippen molar-refractivity contribution in [3.05, 3.63) is 10.5 Å². The van der Waals surface area contributed by atoms with Gasteiger partial charge in [0.15, 0.2) is 5.16 Å². The first kappa shape index (κ1) is 11.7. The Bertz CT molecular complexity index is 383. The Hall–Kier alpha value is -0.790. The molecular formula is C9H16N4O2S. The Kier molecular flexibility index (Phi) is 4.03. The van der Waals surface area contributed by atoms with E-state index in [1.807, 2.05) is 0 Å². The van der Waals surface area contributed by atoms with Crippen molar-refractivity contribution < 1.29 is 4.74 Å². The molecule has 1 aromatic heterocycles. The highest BCUT2D eigenvalue weighted by atomic mass is 32.2. The van der Waals surface area contributed by atoms with Crippen molar-refractivity contribution in [1.29, 1.82) is 0 Å². The van der Waals surface area contributed by atoms with E-state index >= 15 is 0 Å². The Balaban J connectivity index is 1.75. The molecule has 6 nitrogen and oxygen atoms in total. The second-order valence-electron chi connectivity index (χ2n) is 3.67. The van der Waals surface area contributed by atoms with Gasteiger partial charge in [-0.3, -0.25) is 9.47 Å². The van der Waals surface area contributed by atoms with Gasteiger partial charge in [-0.2, -0.15) is 0 Å². The minimum absolute atomic E-state index is 0.158. The van der Waals surface area contributed by atoms with Crippen LogP contribution in [0.4, 0.5) is 0 Å². The van der Waals surface area contributed by atoms with Gasteiger partial charge in [-0.25, -0.2) is 9.89 Å². The summed E-state index contributed by atoms with van der Waals surface area (Å²) >= 11 is 1.60. The lowest BCUT2D eigenvalue weighted by molar-refractivity contribution is 0.0410. The van der Waals surface area contributed by atoms with Crippen LogP contribution in [0, 0.1) is 0 Å². The molecule has 1 saturated heterocycles. The minimum Gasteiger partial charge on any atom is -0.379 e. The van der Waals surface area contributed by atoms with Gasteiger partial charge < -0.3 is 4.74 Å². The number of morpholine rings is 1. The molecular weight excluding hydrogens is 228 g/mol. The summed E-state index contributed by atoms with van der Waals surface area (Å²) in [5.41, 5.74) is -0.158. The number of ether oxygens (including phenoxy) is 1. The fraction of sp³-hybridized carbons (Fsp3) is 0.778. The molecule has 0 bridgehead atoms. The number of rotatable bonds is 4. The molecule has 1 fully saturated rings. The topological polar surface area (TPSA) is 63.1 Å². The predicted octanol–water partition coefficient (Wildman–Crippen LogP) is -0.467. The normalized spacial score (nSPS) is 17.8. The van der Waals surface area contributed by atoms with Gasteiger partial charge in [-0.15, -0.1) is 5.10 Å². The van der Waals surface area contributed by atoms with Crippen LogP contribution in [-0.2, 0) is 11.8 Å². The van der Waals surface area contributed by atoms with Crippen LogP contribution in [0.2, 0.25) is 0 Å². The van der Waals surface area contributed by atoms with E-state index in [9.17, 15) is 4.79 Å². The lowest BCUT2D eigenvalue weighted by Crippen LogP contribution is -2.37. The van der Waals surface area contributed by atoms with E-state index in [1.165, 1.54) is 4.57 Å². The first-order chi connectivity index (χ1) is 7.77. The molecule has 2 heterocycles. The summed E-state index contributed by atoms with van der Waals surface area (Å²) in [6, 6.07) is 0. The summed E-state index contributed by atoms with van der Waals surface area (Å²) in [5, 5.41) is 7.12. The summed E-state index contributed by atoms with van der Waals surface area (Å²) < 4.78 is 6.81. The standard InChI is InChI=1S/C9H16N4O2S/c1-12-8(14)10-11-9(12)16-7-4-13-2-5-15-6-3-13/h2-7H2,1H3,(H,10,14). The number of thioether (sulfide) groups is 1. The van der Waals surface area contributed by atoms with E-state index in [4.69, 9.17) is 4.74 Å². The fourth-order valence-corrected chi connectivity index (χ4v) is 2.47. The van der Waals surface area contributed by atoms with Gasteiger partial charge in [-0.1, -0.05) is 11.8 Å². The molecule has 0 saturated carbocycles. The van der Waals surface area contributed by atoms with Gasteiger partial charge in [0.25, 0.3) is 0 Å². The molecule has 1 aliphatic rings. The number of nitrogens with one attached hydrogen (secondary N) is 1. The van der Waals surface area contributed by atoms with Crippen LogP contribution in [0.3, 0.4) is 0 Å². The summed E-state index contributed by atoms with van der Waals surface area (Å²) in [4.78, 5) is 13.5. The summed E-state index contributed by atoms with van der Waals surface area (Å²) in [6.07, 6.45) is 0. The SMILES string of the molecule is Cn1c(SCCN2CCOCC2)n[nH]c1=O. The molecule has 0 atom stereocenters. The highest BCUT2D eigenvalue weighted by molar-refractivity contribution is 7.99. The molecule has 1 aliphatic heterocycles. The number of hydrogen-bond donors (Lipinski definition) is 1.